The normalized spacial score (nSPS) is 21.5. The number of methoxy groups -OCH3 is 1. The van der Waals surface area contributed by atoms with Gasteiger partial charge >= 0.3 is 0 Å². The smallest absolute Gasteiger partial charge is 0.243 e. The van der Waals surface area contributed by atoms with Crippen molar-refractivity contribution >= 4 is 26.9 Å². The van der Waals surface area contributed by atoms with Crippen LogP contribution in [0, 0.1) is 5.41 Å². The minimum absolute atomic E-state index is 0.142. The van der Waals surface area contributed by atoms with Gasteiger partial charge in [-0.2, -0.15) is 4.31 Å². The number of rotatable bonds is 5. The Bertz CT molecular complexity index is 1080. The highest BCUT2D eigenvalue weighted by molar-refractivity contribution is 7.89. The molecular formula is C20H22N2O5S. The number of amides is 1. The molecule has 0 radical (unpaired) electrons. The number of carbonyl (C=O) groups is 1. The van der Waals surface area contributed by atoms with Crippen LogP contribution >= 0.6 is 0 Å². The Hall–Kier alpha value is -2.16. The standard InChI is InChI=1S/C20H22N2O5S/c1-26-13-20(5-6-20)19(23)21-9-15-11-22(12-16(15)10-21)28(24,25)17-2-3-18-14(8-17)4-7-27-18/h2-4,7-8H,5-6,9-13H2,1H3. The fourth-order valence-corrected chi connectivity index (χ4v) is 5.76. The third-order valence-corrected chi connectivity index (χ3v) is 7.86. The first-order chi connectivity index (χ1) is 13.4. The predicted octanol–water partition coefficient (Wildman–Crippen LogP) is 2.00. The first-order valence-electron chi connectivity index (χ1n) is 9.38. The number of hydrogen-bond acceptors (Lipinski definition) is 5. The summed E-state index contributed by atoms with van der Waals surface area (Å²) in [6.07, 6.45) is 3.30. The highest BCUT2D eigenvalue weighted by Crippen LogP contribution is 2.48. The lowest BCUT2D eigenvalue weighted by molar-refractivity contribution is -0.137. The van der Waals surface area contributed by atoms with Gasteiger partial charge in [0, 0.05) is 38.7 Å². The van der Waals surface area contributed by atoms with Crippen molar-refractivity contribution in [1.29, 1.82) is 0 Å². The van der Waals surface area contributed by atoms with E-state index in [2.05, 4.69) is 0 Å². The number of benzene rings is 1. The second-order valence-corrected chi connectivity index (χ2v) is 9.91. The van der Waals surface area contributed by atoms with Gasteiger partial charge in [0.1, 0.15) is 5.58 Å². The number of nitrogens with zero attached hydrogens (tertiary/aromatic N) is 2. The van der Waals surface area contributed by atoms with Crippen LogP contribution in [0.15, 0.2) is 51.0 Å². The molecule has 1 saturated carbocycles. The van der Waals surface area contributed by atoms with E-state index in [4.69, 9.17) is 9.15 Å². The fraction of sp³-hybridized carbons (Fsp3) is 0.450. The molecule has 0 atom stereocenters. The quantitative estimate of drug-likeness (QED) is 0.715. The van der Waals surface area contributed by atoms with Gasteiger partial charge < -0.3 is 14.1 Å². The summed E-state index contributed by atoms with van der Waals surface area (Å²) >= 11 is 0. The van der Waals surface area contributed by atoms with Crippen molar-refractivity contribution in [2.75, 3.05) is 39.9 Å². The van der Waals surface area contributed by atoms with Crippen LogP contribution in [0.1, 0.15) is 12.8 Å². The van der Waals surface area contributed by atoms with Crippen molar-refractivity contribution in [1.82, 2.24) is 9.21 Å². The molecule has 5 rings (SSSR count). The number of ether oxygens (including phenoxy) is 1. The molecule has 28 heavy (non-hydrogen) atoms. The summed E-state index contributed by atoms with van der Waals surface area (Å²) in [5.41, 5.74) is 2.42. The Kier molecular flexibility index (Phi) is 3.94. The van der Waals surface area contributed by atoms with Crippen LogP contribution in [0.25, 0.3) is 11.0 Å². The molecule has 1 aliphatic carbocycles. The van der Waals surface area contributed by atoms with E-state index in [1.807, 2.05) is 4.90 Å². The van der Waals surface area contributed by atoms with Gasteiger partial charge in [-0.25, -0.2) is 8.42 Å². The van der Waals surface area contributed by atoms with Crippen LogP contribution in [0.5, 0.6) is 0 Å². The van der Waals surface area contributed by atoms with Gasteiger partial charge in [-0.15, -0.1) is 0 Å². The van der Waals surface area contributed by atoms with E-state index in [1.165, 1.54) is 4.31 Å². The zero-order valence-corrected chi connectivity index (χ0v) is 16.5. The van der Waals surface area contributed by atoms with Crippen molar-refractivity contribution < 1.29 is 22.4 Å². The third-order valence-electron chi connectivity index (χ3n) is 6.07. The summed E-state index contributed by atoms with van der Waals surface area (Å²) < 4.78 is 38.2. The molecule has 0 spiro atoms. The average Bonchev–Trinajstić information content (AvgIpc) is 3.01. The van der Waals surface area contributed by atoms with E-state index in [0.717, 1.165) is 29.4 Å². The molecule has 0 N–H and O–H groups in total. The SMILES string of the molecule is COCC1(C(=O)N2CC3=C(C2)CN(S(=O)(=O)c2ccc4occc4c2)C3)CC1. The molecule has 1 aromatic carbocycles. The molecule has 0 saturated heterocycles. The summed E-state index contributed by atoms with van der Waals surface area (Å²) in [6.45, 7) is 2.20. The minimum Gasteiger partial charge on any atom is -0.464 e. The zero-order valence-electron chi connectivity index (χ0n) is 15.7. The number of furan rings is 1. The molecule has 0 bridgehead atoms. The molecule has 2 aliphatic heterocycles. The Morgan fingerprint density at radius 2 is 1.86 bits per heavy atom. The monoisotopic (exact) mass is 402 g/mol. The summed E-state index contributed by atoms with van der Waals surface area (Å²) in [5.74, 6) is 0.142. The van der Waals surface area contributed by atoms with Crippen LogP contribution in [0.2, 0.25) is 0 Å². The van der Waals surface area contributed by atoms with Crippen LogP contribution < -0.4 is 0 Å². The first kappa shape index (κ1) is 17.9. The van der Waals surface area contributed by atoms with Crippen LogP contribution in [-0.4, -0.2) is 63.4 Å². The van der Waals surface area contributed by atoms with Crippen molar-refractivity contribution in [3.8, 4) is 0 Å². The highest BCUT2D eigenvalue weighted by atomic mass is 32.2. The number of hydrogen-bond donors (Lipinski definition) is 0. The van der Waals surface area contributed by atoms with E-state index in [-0.39, 0.29) is 16.2 Å². The highest BCUT2D eigenvalue weighted by Gasteiger charge is 2.53. The lowest BCUT2D eigenvalue weighted by Crippen LogP contribution is -2.41. The maximum Gasteiger partial charge on any atom is 0.243 e. The summed E-state index contributed by atoms with van der Waals surface area (Å²) in [6, 6.07) is 6.68. The number of sulfonamides is 1. The van der Waals surface area contributed by atoms with Gasteiger partial charge in [0.15, 0.2) is 0 Å². The second kappa shape index (κ2) is 6.17. The summed E-state index contributed by atoms with van der Waals surface area (Å²) in [7, 11) is -1.96. The van der Waals surface area contributed by atoms with Crippen LogP contribution in [0.3, 0.4) is 0 Å². The van der Waals surface area contributed by atoms with Crippen LogP contribution in [0.4, 0.5) is 0 Å². The lowest BCUT2D eigenvalue weighted by Gasteiger charge is -2.26. The second-order valence-electron chi connectivity index (χ2n) is 7.97. The van der Waals surface area contributed by atoms with E-state index >= 15 is 0 Å². The fourth-order valence-electron chi connectivity index (χ4n) is 4.30. The molecule has 3 heterocycles. The maximum atomic E-state index is 13.1. The Morgan fingerprint density at radius 1 is 1.14 bits per heavy atom. The minimum atomic E-state index is -3.59. The Balaban J connectivity index is 1.29. The van der Waals surface area contributed by atoms with Crippen molar-refractivity contribution in [2.24, 2.45) is 5.41 Å². The predicted molar refractivity (Wildman–Crippen MR) is 102 cm³/mol. The van der Waals surface area contributed by atoms with Crippen molar-refractivity contribution in [3.63, 3.8) is 0 Å². The van der Waals surface area contributed by atoms with Gasteiger partial charge in [0.25, 0.3) is 0 Å². The molecule has 7 nitrogen and oxygen atoms in total. The van der Waals surface area contributed by atoms with Gasteiger partial charge in [0.2, 0.25) is 15.9 Å². The van der Waals surface area contributed by atoms with Gasteiger partial charge in [-0.1, -0.05) is 0 Å². The van der Waals surface area contributed by atoms with E-state index in [0.29, 0.717) is 38.4 Å². The number of fused-ring (bicyclic) bond motifs is 1. The first-order valence-corrected chi connectivity index (χ1v) is 10.8. The van der Waals surface area contributed by atoms with E-state index < -0.39 is 10.0 Å². The van der Waals surface area contributed by atoms with Crippen molar-refractivity contribution in [3.05, 3.63) is 41.7 Å². The molecular weight excluding hydrogens is 380 g/mol. The topological polar surface area (TPSA) is 80.1 Å². The van der Waals surface area contributed by atoms with Gasteiger partial charge in [-0.3, -0.25) is 4.79 Å². The van der Waals surface area contributed by atoms with E-state index in [9.17, 15) is 13.2 Å². The zero-order chi connectivity index (χ0) is 19.5. The Labute approximate surface area is 163 Å². The molecule has 2 aromatic rings. The van der Waals surface area contributed by atoms with Gasteiger partial charge in [0.05, 0.1) is 23.2 Å². The molecule has 1 aromatic heterocycles. The lowest BCUT2D eigenvalue weighted by atomic mass is 10.1. The number of carbonyl (C=O) groups excluding carboxylic acids is 1. The Morgan fingerprint density at radius 3 is 2.50 bits per heavy atom. The molecule has 3 aliphatic rings. The largest absolute Gasteiger partial charge is 0.464 e. The summed E-state index contributed by atoms with van der Waals surface area (Å²) in [5, 5.41) is 0.769. The molecule has 1 amide bonds. The molecule has 148 valence electrons. The van der Waals surface area contributed by atoms with Crippen molar-refractivity contribution in [2.45, 2.75) is 17.7 Å². The average molecular weight is 402 g/mol. The van der Waals surface area contributed by atoms with Gasteiger partial charge in [-0.05, 0) is 48.3 Å². The molecule has 8 heteroatoms. The van der Waals surface area contributed by atoms with Crippen LogP contribution in [-0.2, 0) is 19.6 Å². The maximum absolute atomic E-state index is 13.1. The third kappa shape index (κ3) is 2.70. The van der Waals surface area contributed by atoms with E-state index in [1.54, 1.807) is 37.6 Å². The molecule has 0 unspecified atom stereocenters. The summed E-state index contributed by atoms with van der Waals surface area (Å²) in [4.78, 5) is 15.0. The molecule has 1 fully saturated rings.